The molecule has 1 amide bonds. The van der Waals surface area contributed by atoms with Crippen LogP contribution in [0, 0.1) is 5.92 Å². The molecule has 0 aromatic heterocycles. The van der Waals surface area contributed by atoms with E-state index < -0.39 is 0 Å². The lowest BCUT2D eigenvalue weighted by atomic mass is 9.96. The van der Waals surface area contributed by atoms with Crippen molar-refractivity contribution in [1.29, 1.82) is 0 Å². The van der Waals surface area contributed by atoms with Crippen LogP contribution in [0.2, 0.25) is 5.02 Å². The van der Waals surface area contributed by atoms with E-state index in [4.69, 9.17) is 16.3 Å². The number of nitrogens with zero attached hydrogens (tertiary/aromatic N) is 1. The van der Waals surface area contributed by atoms with Gasteiger partial charge in [0.25, 0.3) is 5.91 Å². The second-order valence-electron chi connectivity index (χ2n) is 7.38. The Morgan fingerprint density at radius 3 is 2.03 bits per heavy atom. The lowest BCUT2D eigenvalue weighted by Crippen LogP contribution is -2.41. The number of benzene rings is 3. The van der Waals surface area contributed by atoms with Gasteiger partial charge in [-0.1, -0.05) is 54.1 Å². The van der Waals surface area contributed by atoms with Crippen molar-refractivity contribution in [3.05, 3.63) is 89.4 Å². The molecule has 0 spiro atoms. The molecule has 5 heteroatoms. The molecular formula is C25H22ClNO3. The van der Waals surface area contributed by atoms with Gasteiger partial charge >= 0.3 is 5.97 Å². The number of halogens is 1. The zero-order valence-corrected chi connectivity index (χ0v) is 17.2. The molecule has 3 aromatic rings. The average molecular weight is 420 g/mol. The van der Waals surface area contributed by atoms with Crippen molar-refractivity contribution >= 4 is 23.5 Å². The maximum Gasteiger partial charge on any atom is 0.314 e. The summed E-state index contributed by atoms with van der Waals surface area (Å²) in [6.45, 7) is 1.07. The number of amides is 1. The predicted molar refractivity (Wildman–Crippen MR) is 118 cm³/mol. The van der Waals surface area contributed by atoms with E-state index in [1.165, 1.54) is 0 Å². The average Bonchev–Trinajstić information content (AvgIpc) is 2.80. The molecule has 30 heavy (non-hydrogen) atoms. The summed E-state index contributed by atoms with van der Waals surface area (Å²) in [5, 5.41) is 0.602. The molecule has 0 aliphatic carbocycles. The summed E-state index contributed by atoms with van der Waals surface area (Å²) in [5.41, 5.74) is 2.80. The Bertz CT molecular complexity index is 1010. The fourth-order valence-corrected chi connectivity index (χ4v) is 3.76. The molecule has 0 bridgehead atoms. The molecule has 1 aliphatic rings. The van der Waals surface area contributed by atoms with Crippen molar-refractivity contribution in [2.24, 2.45) is 5.92 Å². The first-order chi connectivity index (χ1) is 14.6. The van der Waals surface area contributed by atoms with Crippen LogP contribution < -0.4 is 4.74 Å². The Morgan fingerprint density at radius 1 is 0.800 bits per heavy atom. The second-order valence-corrected chi connectivity index (χ2v) is 7.82. The Labute approximate surface area is 181 Å². The van der Waals surface area contributed by atoms with E-state index >= 15 is 0 Å². The van der Waals surface area contributed by atoms with Gasteiger partial charge in [0.05, 0.1) is 5.92 Å². The molecule has 0 N–H and O–H groups in total. The quantitative estimate of drug-likeness (QED) is 0.416. The molecule has 0 radical (unpaired) electrons. The molecule has 3 aromatic carbocycles. The minimum absolute atomic E-state index is 0.0324. The summed E-state index contributed by atoms with van der Waals surface area (Å²) in [5.74, 6) is 0.0726. The van der Waals surface area contributed by atoms with Gasteiger partial charge < -0.3 is 9.64 Å². The number of likely N-dealkylation sites (tertiary alicyclic amines) is 1. The highest BCUT2D eigenvalue weighted by atomic mass is 35.5. The topological polar surface area (TPSA) is 46.6 Å². The van der Waals surface area contributed by atoms with Gasteiger partial charge in [0.2, 0.25) is 0 Å². The highest BCUT2D eigenvalue weighted by Gasteiger charge is 2.29. The van der Waals surface area contributed by atoms with Crippen molar-refractivity contribution in [3.63, 3.8) is 0 Å². The minimum Gasteiger partial charge on any atom is -0.426 e. The van der Waals surface area contributed by atoms with Crippen molar-refractivity contribution in [1.82, 2.24) is 4.90 Å². The first-order valence-electron chi connectivity index (χ1n) is 10.0. The third kappa shape index (κ3) is 4.71. The number of carbonyl (C=O) groups is 2. The van der Waals surface area contributed by atoms with Gasteiger partial charge in [-0.3, -0.25) is 9.59 Å². The van der Waals surface area contributed by atoms with Crippen LogP contribution in [-0.2, 0) is 4.79 Å². The van der Waals surface area contributed by atoms with Crippen LogP contribution in [0.15, 0.2) is 78.9 Å². The van der Waals surface area contributed by atoms with E-state index in [1.807, 2.05) is 54.6 Å². The van der Waals surface area contributed by atoms with E-state index in [2.05, 4.69) is 0 Å². The van der Waals surface area contributed by atoms with Gasteiger partial charge in [0.15, 0.2) is 0 Å². The lowest BCUT2D eigenvalue weighted by Gasteiger charge is -2.31. The molecule has 1 heterocycles. The Balaban J connectivity index is 1.31. The van der Waals surface area contributed by atoms with Crippen LogP contribution in [0.3, 0.4) is 0 Å². The highest BCUT2D eigenvalue weighted by Crippen LogP contribution is 2.25. The van der Waals surface area contributed by atoms with Gasteiger partial charge in [-0.05, 0) is 60.4 Å². The van der Waals surface area contributed by atoms with Crippen molar-refractivity contribution < 1.29 is 14.3 Å². The zero-order valence-electron chi connectivity index (χ0n) is 16.5. The normalized spacial score (nSPS) is 14.4. The van der Waals surface area contributed by atoms with Crippen LogP contribution in [0.4, 0.5) is 0 Å². The number of carbonyl (C=O) groups excluding carboxylic acids is 2. The van der Waals surface area contributed by atoms with E-state index in [1.54, 1.807) is 29.2 Å². The van der Waals surface area contributed by atoms with Gasteiger partial charge in [0, 0.05) is 23.7 Å². The molecule has 0 unspecified atom stereocenters. The van der Waals surface area contributed by atoms with E-state index in [-0.39, 0.29) is 17.8 Å². The Morgan fingerprint density at radius 2 is 1.40 bits per heavy atom. The standard InChI is InChI=1S/C25H22ClNO3/c26-22-10-6-20(7-11-22)24(28)27-16-14-21(15-17-27)25(29)30-23-12-8-19(9-13-23)18-4-2-1-3-5-18/h1-13,21H,14-17H2. The van der Waals surface area contributed by atoms with E-state index in [0.29, 0.717) is 42.3 Å². The third-order valence-electron chi connectivity index (χ3n) is 5.39. The molecule has 0 atom stereocenters. The maximum absolute atomic E-state index is 12.6. The van der Waals surface area contributed by atoms with Crippen LogP contribution in [-0.4, -0.2) is 29.9 Å². The van der Waals surface area contributed by atoms with Gasteiger partial charge in [-0.25, -0.2) is 0 Å². The van der Waals surface area contributed by atoms with E-state index in [9.17, 15) is 9.59 Å². The molecule has 1 saturated heterocycles. The van der Waals surface area contributed by atoms with Crippen molar-refractivity contribution in [3.8, 4) is 16.9 Å². The largest absolute Gasteiger partial charge is 0.426 e. The molecule has 1 aliphatic heterocycles. The summed E-state index contributed by atoms with van der Waals surface area (Å²) in [4.78, 5) is 26.9. The zero-order chi connectivity index (χ0) is 20.9. The van der Waals surface area contributed by atoms with Crippen LogP contribution in [0.5, 0.6) is 5.75 Å². The predicted octanol–water partition coefficient (Wildman–Crippen LogP) is 5.46. The Kier molecular flexibility index (Phi) is 6.15. The monoisotopic (exact) mass is 419 g/mol. The van der Waals surface area contributed by atoms with E-state index in [0.717, 1.165) is 11.1 Å². The number of ether oxygens (including phenoxy) is 1. The molecule has 4 rings (SSSR count). The lowest BCUT2D eigenvalue weighted by molar-refractivity contribution is -0.140. The molecule has 4 nitrogen and oxygen atoms in total. The fraction of sp³-hybridized carbons (Fsp3) is 0.200. The molecule has 1 fully saturated rings. The maximum atomic E-state index is 12.6. The van der Waals surface area contributed by atoms with Crippen LogP contribution in [0.25, 0.3) is 11.1 Å². The van der Waals surface area contributed by atoms with Gasteiger partial charge in [-0.15, -0.1) is 0 Å². The number of hydrogen-bond acceptors (Lipinski definition) is 3. The second kappa shape index (κ2) is 9.14. The summed E-state index contributed by atoms with van der Waals surface area (Å²) >= 11 is 5.89. The van der Waals surface area contributed by atoms with Crippen molar-refractivity contribution in [2.75, 3.05) is 13.1 Å². The van der Waals surface area contributed by atoms with Gasteiger partial charge in [0.1, 0.15) is 5.75 Å². The summed E-state index contributed by atoms with van der Waals surface area (Å²) in [6, 6.07) is 24.5. The fourth-order valence-electron chi connectivity index (χ4n) is 3.64. The van der Waals surface area contributed by atoms with Gasteiger partial charge in [-0.2, -0.15) is 0 Å². The number of rotatable bonds is 4. The number of hydrogen-bond donors (Lipinski definition) is 0. The smallest absolute Gasteiger partial charge is 0.314 e. The minimum atomic E-state index is -0.235. The van der Waals surface area contributed by atoms with Crippen LogP contribution >= 0.6 is 11.6 Å². The first-order valence-corrected chi connectivity index (χ1v) is 10.4. The third-order valence-corrected chi connectivity index (χ3v) is 5.64. The summed E-state index contributed by atoms with van der Waals surface area (Å²) in [7, 11) is 0. The van der Waals surface area contributed by atoms with Crippen LogP contribution in [0.1, 0.15) is 23.2 Å². The molecule has 0 saturated carbocycles. The highest BCUT2D eigenvalue weighted by molar-refractivity contribution is 6.30. The molecular weight excluding hydrogens is 398 g/mol. The Hall–Kier alpha value is -3.11. The number of piperidine rings is 1. The molecule has 152 valence electrons. The SMILES string of the molecule is O=C(Oc1ccc(-c2ccccc2)cc1)C1CCN(C(=O)c2ccc(Cl)cc2)CC1. The first kappa shape index (κ1) is 20.2. The summed E-state index contributed by atoms with van der Waals surface area (Å²) in [6.07, 6.45) is 1.19. The van der Waals surface area contributed by atoms with Crippen molar-refractivity contribution in [2.45, 2.75) is 12.8 Å². The summed E-state index contributed by atoms with van der Waals surface area (Å²) < 4.78 is 5.58. The number of esters is 1.